The third-order valence-electron chi connectivity index (χ3n) is 2.84. The molecule has 0 atom stereocenters. The van der Waals surface area contributed by atoms with E-state index in [4.69, 9.17) is 10.8 Å². The summed E-state index contributed by atoms with van der Waals surface area (Å²) < 4.78 is 2.01. The molecule has 0 unspecified atom stereocenters. The summed E-state index contributed by atoms with van der Waals surface area (Å²) in [4.78, 5) is 0. The number of nitrogen functional groups attached to an aromatic ring is 1. The number of aryl methyl sites for hydroxylation is 1. The molecule has 4 heteroatoms. The van der Waals surface area contributed by atoms with E-state index in [1.54, 1.807) is 0 Å². The first-order valence-corrected chi connectivity index (χ1v) is 6.07. The van der Waals surface area contributed by atoms with Crippen LogP contribution in [-0.4, -0.2) is 22.8 Å². The van der Waals surface area contributed by atoms with E-state index in [0.717, 1.165) is 35.5 Å². The van der Waals surface area contributed by atoms with Gasteiger partial charge < -0.3 is 20.7 Å². The molecular formula is C14H19N3O. The van der Waals surface area contributed by atoms with Crippen molar-refractivity contribution in [2.45, 2.75) is 6.42 Å². The summed E-state index contributed by atoms with van der Waals surface area (Å²) in [6.07, 6.45) is 4.81. The molecule has 0 amide bonds. The van der Waals surface area contributed by atoms with E-state index in [1.807, 2.05) is 36.0 Å². The molecule has 18 heavy (non-hydrogen) atoms. The molecule has 1 aromatic carbocycles. The van der Waals surface area contributed by atoms with E-state index < -0.39 is 0 Å². The van der Waals surface area contributed by atoms with Crippen molar-refractivity contribution in [3.63, 3.8) is 0 Å². The van der Waals surface area contributed by atoms with Crippen LogP contribution in [0.4, 0.5) is 11.4 Å². The Bertz CT molecular complexity index is 520. The van der Waals surface area contributed by atoms with E-state index in [-0.39, 0.29) is 6.61 Å². The summed E-state index contributed by atoms with van der Waals surface area (Å²) >= 11 is 0. The number of aromatic nitrogens is 1. The van der Waals surface area contributed by atoms with Crippen molar-refractivity contribution in [2.24, 2.45) is 7.05 Å². The van der Waals surface area contributed by atoms with Crippen LogP contribution < -0.4 is 11.1 Å². The Morgan fingerprint density at radius 3 is 2.83 bits per heavy atom. The molecule has 0 fully saturated rings. The maximum atomic E-state index is 8.81. The van der Waals surface area contributed by atoms with Crippen molar-refractivity contribution in [1.82, 2.24) is 4.57 Å². The summed E-state index contributed by atoms with van der Waals surface area (Å²) in [5.41, 5.74) is 9.88. The zero-order chi connectivity index (χ0) is 13.0. The molecule has 0 aliphatic rings. The van der Waals surface area contributed by atoms with Gasteiger partial charge in [0.1, 0.15) is 0 Å². The van der Waals surface area contributed by atoms with Crippen molar-refractivity contribution in [2.75, 3.05) is 24.2 Å². The Labute approximate surface area is 107 Å². The average molecular weight is 245 g/mol. The van der Waals surface area contributed by atoms with Gasteiger partial charge in [-0.25, -0.2) is 0 Å². The standard InChI is InChI=1S/C14H19N3O/c1-17-7-5-11(10-17)13-9-12(15)3-4-14(13)16-6-2-8-18/h3-5,7,9-10,16,18H,2,6,8,15H2,1H3. The van der Waals surface area contributed by atoms with E-state index >= 15 is 0 Å². The quantitative estimate of drug-likeness (QED) is 0.558. The van der Waals surface area contributed by atoms with Crippen LogP contribution in [0.1, 0.15) is 6.42 Å². The fourth-order valence-electron chi connectivity index (χ4n) is 1.92. The van der Waals surface area contributed by atoms with Gasteiger partial charge in [-0.05, 0) is 30.7 Å². The van der Waals surface area contributed by atoms with Crippen molar-refractivity contribution in [1.29, 1.82) is 0 Å². The van der Waals surface area contributed by atoms with Crippen LogP contribution in [-0.2, 0) is 7.05 Å². The first-order chi connectivity index (χ1) is 8.70. The maximum absolute atomic E-state index is 8.81. The van der Waals surface area contributed by atoms with Gasteiger partial charge in [-0.1, -0.05) is 0 Å². The molecule has 0 radical (unpaired) electrons. The molecule has 0 aliphatic heterocycles. The Morgan fingerprint density at radius 2 is 2.17 bits per heavy atom. The first-order valence-electron chi connectivity index (χ1n) is 6.07. The average Bonchev–Trinajstić information content (AvgIpc) is 2.78. The molecule has 4 N–H and O–H groups in total. The molecule has 0 bridgehead atoms. The smallest absolute Gasteiger partial charge is 0.0447 e. The van der Waals surface area contributed by atoms with Crippen LogP contribution in [0.5, 0.6) is 0 Å². The molecule has 2 aromatic rings. The predicted molar refractivity (Wildman–Crippen MR) is 75.5 cm³/mol. The number of nitrogens with two attached hydrogens (primary N) is 1. The van der Waals surface area contributed by atoms with Crippen LogP contribution in [0.3, 0.4) is 0 Å². The van der Waals surface area contributed by atoms with Gasteiger partial charge >= 0.3 is 0 Å². The molecule has 96 valence electrons. The Hall–Kier alpha value is -1.94. The second-order valence-corrected chi connectivity index (χ2v) is 4.37. The summed E-state index contributed by atoms with van der Waals surface area (Å²) in [6, 6.07) is 7.89. The zero-order valence-corrected chi connectivity index (χ0v) is 10.6. The minimum absolute atomic E-state index is 0.197. The van der Waals surface area contributed by atoms with Crippen molar-refractivity contribution in [3.8, 4) is 11.1 Å². The lowest BCUT2D eigenvalue weighted by molar-refractivity contribution is 0.292. The van der Waals surface area contributed by atoms with E-state index in [1.165, 1.54) is 0 Å². The number of aliphatic hydroxyl groups is 1. The Kier molecular flexibility index (Phi) is 3.89. The number of nitrogens with one attached hydrogen (secondary N) is 1. The molecule has 0 saturated carbocycles. The lowest BCUT2D eigenvalue weighted by Gasteiger charge is -2.11. The van der Waals surface area contributed by atoms with Gasteiger partial charge in [-0.15, -0.1) is 0 Å². The second kappa shape index (κ2) is 5.60. The van der Waals surface area contributed by atoms with Crippen LogP contribution in [0.2, 0.25) is 0 Å². The fraction of sp³-hybridized carbons (Fsp3) is 0.286. The summed E-state index contributed by atoms with van der Waals surface area (Å²) in [7, 11) is 1.99. The third-order valence-corrected chi connectivity index (χ3v) is 2.84. The maximum Gasteiger partial charge on any atom is 0.0447 e. The molecule has 0 spiro atoms. The number of benzene rings is 1. The highest BCUT2D eigenvalue weighted by Gasteiger charge is 2.06. The van der Waals surface area contributed by atoms with E-state index in [2.05, 4.69) is 17.6 Å². The van der Waals surface area contributed by atoms with Gasteiger partial charge in [-0.2, -0.15) is 0 Å². The minimum atomic E-state index is 0.197. The van der Waals surface area contributed by atoms with Crippen LogP contribution >= 0.6 is 0 Å². The molecule has 2 rings (SSSR count). The largest absolute Gasteiger partial charge is 0.399 e. The van der Waals surface area contributed by atoms with Gasteiger partial charge in [0.2, 0.25) is 0 Å². The van der Waals surface area contributed by atoms with Crippen molar-refractivity contribution >= 4 is 11.4 Å². The van der Waals surface area contributed by atoms with Gasteiger partial charge in [-0.3, -0.25) is 0 Å². The lowest BCUT2D eigenvalue weighted by atomic mass is 10.1. The zero-order valence-electron chi connectivity index (χ0n) is 10.6. The molecular weight excluding hydrogens is 226 g/mol. The number of hydrogen-bond donors (Lipinski definition) is 3. The normalized spacial score (nSPS) is 10.6. The van der Waals surface area contributed by atoms with E-state index in [9.17, 15) is 0 Å². The molecule has 1 aromatic heterocycles. The number of nitrogens with zero attached hydrogens (tertiary/aromatic N) is 1. The highest BCUT2D eigenvalue weighted by molar-refractivity contribution is 5.80. The van der Waals surface area contributed by atoms with E-state index in [0.29, 0.717) is 0 Å². The highest BCUT2D eigenvalue weighted by Crippen LogP contribution is 2.30. The summed E-state index contributed by atoms with van der Waals surface area (Å²) in [5, 5.41) is 12.1. The number of rotatable bonds is 5. The van der Waals surface area contributed by atoms with Crippen LogP contribution in [0, 0.1) is 0 Å². The molecule has 0 aliphatic carbocycles. The number of aliphatic hydroxyl groups excluding tert-OH is 1. The minimum Gasteiger partial charge on any atom is -0.399 e. The van der Waals surface area contributed by atoms with Crippen LogP contribution in [0.15, 0.2) is 36.7 Å². The topological polar surface area (TPSA) is 63.2 Å². The third kappa shape index (κ3) is 2.84. The van der Waals surface area contributed by atoms with Gasteiger partial charge in [0.15, 0.2) is 0 Å². The van der Waals surface area contributed by atoms with Crippen molar-refractivity contribution in [3.05, 3.63) is 36.7 Å². The lowest BCUT2D eigenvalue weighted by Crippen LogP contribution is -2.04. The van der Waals surface area contributed by atoms with Gasteiger partial charge in [0.25, 0.3) is 0 Å². The van der Waals surface area contributed by atoms with Crippen molar-refractivity contribution < 1.29 is 5.11 Å². The fourth-order valence-corrected chi connectivity index (χ4v) is 1.92. The molecule has 0 saturated heterocycles. The van der Waals surface area contributed by atoms with Gasteiger partial charge in [0, 0.05) is 55.1 Å². The Morgan fingerprint density at radius 1 is 1.33 bits per heavy atom. The SMILES string of the molecule is Cn1ccc(-c2cc(N)ccc2NCCCO)c1. The van der Waals surface area contributed by atoms with Crippen LogP contribution in [0.25, 0.3) is 11.1 Å². The number of anilines is 2. The molecule has 1 heterocycles. The van der Waals surface area contributed by atoms with Gasteiger partial charge in [0.05, 0.1) is 0 Å². The summed E-state index contributed by atoms with van der Waals surface area (Å²) in [5.74, 6) is 0. The first kappa shape index (κ1) is 12.5. The monoisotopic (exact) mass is 245 g/mol. The Balaban J connectivity index is 2.29. The highest BCUT2D eigenvalue weighted by atomic mass is 16.3. The molecule has 4 nitrogen and oxygen atoms in total. The summed E-state index contributed by atoms with van der Waals surface area (Å²) in [6.45, 7) is 0.947. The predicted octanol–water partition coefficient (Wildman–Crippen LogP) is 2.07. The second-order valence-electron chi connectivity index (χ2n) is 4.37. The number of hydrogen-bond acceptors (Lipinski definition) is 3.